The van der Waals surface area contributed by atoms with E-state index in [1.54, 1.807) is 0 Å². The summed E-state index contributed by atoms with van der Waals surface area (Å²) in [4.78, 5) is 0. The van der Waals surface area contributed by atoms with Gasteiger partial charge in [-0.2, -0.15) is 65.5 Å². The molecule has 0 aliphatic carbocycles. The smallest absolute Gasteiger partial charge is 0.325 e. The van der Waals surface area contributed by atoms with E-state index in [4.69, 9.17) is 4.55 Å². The lowest BCUT2D eigenvalue weighted by atomic mass is 9.98. The van der Waals surface area contributed by atoms with Crippen molar-refractivity contribution in [2.45, 2.75) is 62.8 Å². The second-order valence-corrected chi connectivity index (χ2v) is 7.86. The molecule has 0 aromatic rings. The fourth-order valence-corrected chi connectivity index (χ4v) is 2.71. The van der Waals surface area contributed by atoms with E-state index in [1.165, 1.54) is 30.7 Å². The van der Waals surface area contributed by atoms with Crippen molar-refractivity contribution in [2.75, 3.05) is 26.2 Å². The number of rotatable bonds is 9. The van der Waals surface area contributed by atoms with Crippen molar-refractivity contribution in [3.05, 3.63) is 0 Å². The number of hydrogen-bond acceptors (Lipinski definition) is 2. The summed E-state index contributed by atoms with van der Waals surface area (Å²) in [5.74, 6) is -32.5. The standard InChI is InChI=1S/C8H20N.C6HF13O3S/c1-5-9(6-2,7-3)8-4;7-1(8,3(11,12)5(15,16)17)2(9,10)4(13,14)6(18,19)23(20,21)22/h5-8H2,1-4H3;(H,20,21,22)/q+1;. The van der Waals surface area contributed by atoms with Crippen LogP contribution >= 0.6 is 0 Å². The maximum Gasteiger partial charge on any atom is 0.460 e. The third-order valence-corrected chi connectivity index (χ3v) is 5.82. The lowest BCUT2D eigenvalue weighted by molar-refractivity contribution is -0.921. The van der Waals surface area contributed by atoms with Gasteiger partial charge in [0.1, 0.15) is 0 Å². The monoisotopic (exact) mass is 530 g/mol. The van der Waals surface area contributed by atoms with E-state index in [0.717, 1.165) is 0 Å². The first kappa shape index (κ1) is 33.1. The van der Waals surface area contributed by atoms with E-state index in [1.807, 2.05) is 0 Å². The number of alkyl halides is 13. The average molecular weight is 530 g/mol. The first-order chi connectivity index (χ1) is 13.7. The Balaban J connectivity index is 0. The first-order valence-electron chi connectivity index (χ1n) is 8.52. The summed E-state index contributed by atoms with van der Waals surface area (Å²) in [6.45, 7) is 14.2. The molecule has 0 bridgehead atoms. The highest BCUT2D eigenvalue weighted by Gasteiger charge is 2.92. The van der Waals surface area contributed by atoms with Crippen LogP contribution in [0, 0.1) is 0 Å². The third kappa shape index (κ3) is 5.37. The van der Waals surface area contributed by atoms with Crippen LogP contribution in [0.4, 0.5) is 57.1 Å². The summed E-state index contributed by atoms with van der Waals surface area (Å²) in [5.41, 5.74) is 0. The molecular weight excluding hydrogens is 509 g/mol. The van der Waals surface area contributed by atoms with Crippen LogP contribution in [0.1, 0.15) is 27.7 Å². The zero-order valence-electron chi connectivity index (χ0n) is 16.9. The maximum atomic E-state index is 12.7. The van der Waals surface area contributed by atoms with Crippen LogP contribution in [0.5, 0.6) is 0 Å². The molecule has 4 nitrogen and oxygen atoms in total. The topological polar surface area (TPSA) is 54.4 Å². The lowest BCUT2D eigenvalue weighted by Gasteiger charge is -2.38. The van der Waals surface area contributed by atoms with Crippen LogP contribution in [0.15, 0.2) is 0 Å². The van der Waals surface area contributed by atoms with Crippen molar-refractivity contribution >= 4 is 10.1 Å². The fraction of sp³-hybridized carbons (Fsp3) is 1.00. The second kappa shape index (κ2) is 9.68. The van der Waals surface area contributed by atoms with Crippen molar-refractivity contribution in [3.63, 3.8) is 0 Å². The Bertz CT molecular complexity index is 698. The predicted octanol–water partition coefficient (Wildman–Crippen LogP) is 5.45. The summed E-state index contributed by atoms with van der Waals surface area (Å²) in [6.07, 6.45) is -7.59. The van der Waals surface area contributed by atoms with Gasteiger partial charge in [0, 0.05) is 0 Å². The molecule has 18 heteroatoms. The van der Waals surface area contributed by atoms with Gasteiger partial charge in [-0.15, -0.1) is 0 Å². The molecule has 0 unspecified atom stereocenters. The van der Waals surface area contributed by atoms with Gasteiger partial charge in [0.2, 0.25) is 0 Å². The van der Waals surface area contributed by atoms with Crippen molar-refractivity contribution in [1.82, 2.24) is 0 Å². The van der Waals surface area contributed by atoms with E-state index in [-0.39, 0.29) is 0 Å². The van der Waals surface area contributed by atoms with E-state index >= 15 is 0 Å². The van der Waals surface area contributed by atoms with E-state index in [9.17, 15) is 65.5 Å². The Labute approximate surface area is 174 Å². The lowest BCUT2D eigenvalue weighted by Crippen LogP contribution is -2.71. The van der Waals surface area contributed by atoms with E-state index in [2.05, 4.69) is 27.7 Å². The maximum absolute atomic E-state index is 12.7. The summed E-state index contributed by atoms with van der Waals surface area (Å²) >= 11 is 0. The normalized spacial score (nSPS) is 15.3. The molecule has 0 saturated carbocycles. The Morgan fingerprint density at radius 3 is 0.969 bits per heavy atom. The van der Waals surface area contributed by atoms with Crippen molar-refractivity contribution in [1.29, 1.82) is 0 Å². The highest BCUT2D eigenvalue weighted by molar-refractivity contribution is 7.87. The predicted molar refractivity (Wildman–Crippen MR) is 84.8 cm³/mol. The molecule has 0 spiro atoms. The summed E-state index contributed by atoms with van der Waals surface area (Å²) in [6, 6.07) is 0. The minimum absolute atomic E-state index is 1.28. The Morgan fingerprint density at radius 1 is 0.562 bits per heavy atom. The van der Waals surface area contributed by atoms with Crippen LogP contribution in [0.3, 0.4) is 0 Å². The molecule has 32 heavy (non-hydrogen) atoms. The van der Waals surface area contributed by atoms with Crippen molar-refractivity contribution < 1.29 is 74.5 Å². The average Bonchev–Trinajstić information content (AvgIpc) is 2.62. The van der Waals surface area contributed by atoms with Gasteiger partial charge in [0.15, 0.2) is 0 Å². The van der Waals surface area contributed by atoms with E-state index < -0.39 is 45.2 Å². The molecule has 0 aromatic carbocycles. The van der Waals surface area contributed by atoms with Gasteiger partial charge < -0.3 is 4.48 Å². The van der Waals surface area contributed by atoms with Gasteiger partial charge in [-0.05, 0) is 27.7 Å². The fourth-order valence-electron chi connectivity index (χ4n) is 2.26. The zero-order valence-corrected chi connectivity index (χ0v) is 17.7. The molecule has 0 amide bonds. The van der Waals surface area contributed by atoms with Gasteiger partial charge in [-0.1, -0.05) is 0 Å². The van der Waals surface area contributed by atoms with Crippen LogP contribution in [-0.4, -0.2) is 78.8 Å². The molecule has 0 radical (unpaired) electrons. The quantitative estimate of drug-likeness (QED) is 0.245. The van der Waals surface area contributed by atoms with Crippen molar-refractivity contribution in [3.8, 4) is 0 Å². The Morgan fingerprint density at radius 2 is 0.812 bits per heavy atom. The Kier molecular flexibility index (Phi) is 10.0. The Hall–Kier alpha value is -1.04. The van der Waals surface area contributed by atoms with Gasteiger partial charge in [0.25, 0.3) is 0 Å². The van der Waals surface area contributed by atoms with Gasteiger partial charge in [-0.3, -0.25) is 4.55 Å². The zero-order chi connectivity index (χ0) is 26.8. The van der Waals surface area contributed by atoms with Crippen molar-refractivity contribution in [2.24, 2.45) is 0 Å². The molecule has 0 saturated heterocycles. The number of halogens is 13. The molecule has 0 aromatic heterocycles. The molecule has 0 aliphatic heterocycles. The van der Waals surface area contributed by atoms with Gasteiger partial charge in [-0.25, -0.2) is 0 Å². The van der Waals surface area contributed by atoms with Crippen LogP contribution in [0.25, 0.3) is 0 Å². The molecule has 196 valence electrons. The minimum atomic E-state index is -8.25. The second-order valence-electron chi connectivity index (χ2n) is 6.39. The summed E-state index contributed by atoms with van der Waals surface area (Å²) in [7, 11) is -7.61. The van der Waals surface area contributed by atoms with E-state index in [0.29, 0.717) is 0 Å². The molecule has 0 atom stereocenters. The minimum Gasteiger partial charge on any atom is -0.325 e. The summed E-state index contributed by atoms with van der Waals surface area (Å²) < 4.78 is 189. The SMILES string of the molecule is CC[N+](CC)(CC)CC.O=S(=O)(O)C(F)(F)C(F)(F)C(F)(F)C(F)(F)C(F)(F)C(F)(F)F. The molecule has 0 rings (SSSR count). The number of quaternary nitrogens is 1. The van der Waals surface area contributed by atoms with Gasteiger partial charge in [0.05, 0.1) is 26.2 Å². The molecule has 0 aliphatic rings. The van der Waals surface area contributed by atoms with Crippen LogP contribution in [0.2, 0.25) is 0 Å². The highest BCUT2D eigenvalue weighted by atomic mass is 32.2. The molecular formula is C14H21F13NO3S+. The van der Waals surface area contributed by atoms with Gasteiger partial charge >= 0.3 is 45.2 Å². The summed E-state index contributed by atoms with van der Waals surface area (Å²) in [5, 5.41) is -7.52. The molecule has 0 fully saturated rings. The number of nitrogens with zero attached hydrogens (tertiary/aromatic N) is 1. The largest absolute Gasteiger partial charge is 0.460 e. The molecule has 1 N–H and O–H groups in total. The number of hydrogen-bond donors (Lipinski definition) is 1. The van der Waals surface area contributed by atoms with Crippen LogP contribution < -0.4 is 0 Å². The van der Waals surface area contributed by atoms with Crippen LogP contribution in [-0.2, 0) is 10.1 Å². The first-order valence-corrected chi connectivity index (χ1v) is 9.96. The third-order valence-electron chi connectivity index (χ3n) is 4.91. The molecule has 0 heterocycles. The highest BCUT2D eigenvalue weighted by Crippen LogP contribution is 2.60.